The maximum atomic E-state index is 10.6. The highest BCUT2D eigenvalue weighted by molar-refractivity contribution is 5.75. The molecule has 5 heteroatoms. The van der Waals surface area contributed by atoms with Crippen LogP contribution in [0.1, 0.15) is 26.2 Å². The van der Waals surface area contributed by atoms with Gasteiger partial charge in [0, 0.05) is 24.4 Å². The summed E-state index contributed by atoms with van der Waals surface area (Å²) in [5, 5.41) is 18.8. The lowest BCUT2D eigenvalue weighted by Crippen LogP contribution is -2.13. The molecular formula is C8H15NO4. The summed E-state index contributed by atoms with van der Waals surface area (Å²) in [6.45, 7) is 1.26. The molecule has 0 saturated heterocycles. The second kappa shape index (κ2) is 6.54. The molecule has 0 radical (unpaired) electrons. The van der Waals surface area contributed by atoms with E-state index in [9.17, 15) is 14.9 Å². The predicted octanol–water partition coefficient (Wildman–Crippen LogP) is 0.631. The SMILES string of the molecule is CC(=O)CC[C@@H](CO)CC[N+](=O)[O-]. The van der Waals surface area contributed by atoms with Gasteiger partial charge in [0.05, 0.1) is 0 Å². The van der Waals surface area contributed by atoms with Crippen molar-refractivity contribution < 1.29 is 14.8 Å². The van der Waals surface area contributed by atoms with Crippen LogP contribution in [0.15, 0.2) is 0 Å². The zero-order chi connectivity index (χ0) is 10.3. The smallest absolute Gasteiger partial charge is 0.204 e. The highest BCUT2D eigenvalue weighted by Gasteiger charge is 2.11. The van der Waals surface area contributed by atoms with E-state index >= 15 is 0 Å². The van der Waals surface area contributed by atoms with E-state index in [0.29, 0.717) is 19.3 Å². The zero-order valence-corrected chi connectivity index (χ0v) is 7.73. The van der Waals surface area contributed by atoms with Crippen molar-refractivity contribution in [2.24, 2.45) is 5.92 Å². The molecule has 1 atom stereocenters. The molecule has 0 amide bonds. The third-order valence-electron chi connectivity index (χ3n) is 1.88. The Labute approximate surface area is 76.9 Å². The van der Waals surface area contributed by atoms with Crippen molar-refractivity contribution in [1.82, 2.24) is 0 Å². The van der Waals surface area contributed by atoms with Gasteiger partial charge in [-0.15, -0.1) is 0 Å². The van der Waals surface area contributed by atoms with E-state index in [4.69, 9.17) is 5.11 Å². The van der Waals surface area contributed by atoms with E-state index in [2.05, 4.69) is 0 Å². The number of Topliss-reactive ketones (excluding diaryl/α,β-unsaturated/α-hetero) is 1. The number of aliphatic hydroxyl groups is 1. The molecule has 0 saturated carbocycles. The molecule has 13 heavy (non-hydrogen) atoms. The summed E-state index contributed by atoms with van der Waals surface area (Å²) in [4.78, 5) is 20.2. The molecule has 0 aliphatic rings. The minimum absolute atomic E-state index is 0.0551. The van der Waals surface area contributed by atoms with Gasteiger partial charge in [-0.05, 0) is 19.3 Å². The van der Waals surface area contributed by atoms with Crippen molar-refractivity contribution in [2.75, 3.05) is 13.2 Å². The topological polar surface area (TPSA) is 80.4 Å². The summed E-state index contributed by atoms with van der Waals surface area (Å²) >= 11 is 0. The predicted molar refractivity (Wildman–Crippen MR) is 47.0 cm³/mol. The number of hydrogen-bond acceptors (Lipinski definition) is 4. The summed E-state index contributed by atoms with van der Waals surface area (Å²) in [5.74, 6) is -0.0612. The zero-order valence-electron chi connectivity index (χ0n) is 7.73. The van der Waals surface area contributed by atoms with E-state index < -0.39 is 4.92 Å². The molecule has 0 unspecified atom stereocenters. The average molecular weight is 189 g/mol. The van der Waals surface area contributed by atoms with Crippen LogP contribution in [0.2, 0.25) is 0 Å². The number of rotatable bonds is 7. The quantitative estimate of drug-likeness (QED) is 0.470. The molecule has 0 rings (SSSR count). The molecule has 0 aliphatic carbocycles. The summed E-state index contributed by atoms with van der Waals surface area (Å²) in [6, 6.07) is 0. The number of nitrogens with zero attached hydrogens (tertiary/aromatic N) is 1. The van der Waals surface area contributed by atoms with Crippen LogP contribution < -0.4 is 0 Å². The first kappa shape index (κ1) is 12.0. The lowest BCUT2D eigenvalue weighted by atomic mass is 9.99. The Hall–Kier alpha value is -0.970. The second-order valence-electron chi connectivity index (χ2n) is 3.13. The van der Waals surface area contributed by atoms with Crippen molar-refractivity contribution >= 4 is 5.78 Å². The summed E-state index contributed by atoms with van der Waals surface area (Å²) in [7, 11) is 0. The minimum atomic E-state index is -0.406. The molecule has 0 bridgehead atoms. The molecular weight excluding hydrogens is 174 g/mol. The van der Waals surface area contributed by atoms with Gasteiger partial charge in [0.2, 0.25) is 6.54 Å². The van der Waals surface area contributed by atoms with Crippen LogP contribution in [0.4, 0.5) is 0 Å². The lowest BCUT2D eigenvalue weighted by molar-refractivity contribution is -0.481. The molecule has 0 spiro atoms. The molecule has 5 nitrogen and oxygen atoms in total. The highest BCUT2D eigenvalue weighted by Crippen LogP contribution is 2.10. The average Bonchev–Trinajstić information content (AvgIpc) is 2.04. The van der Waals surface area contributed by atoms with E-state index in [1.165, 1.54) is 6.92 Å². The number of carbonyl (C=O) groups excluding carboxylic acids is 1. The van der Waals surface area contributed by atoms with Crippen LogP contribution in [-0.4, -0.2) is 29.0 Å². The summed E-state index contributed by atoms with van der Waals surface area (Å²) in [5.41, 5.74) is 0. The molecule has 1 N–H and O–H groups in total. The number of hydrogen-bond donors (Lipinski definition) is 1. The molecule has 0 aromatic carbocycles. The van der Waals surface area contributed by atoms with Gasteiger partial charge in [0.25, 0.3) is 0 Å². The number of carbonyl (C=O) groups is 1. The Morgan fingerprint density at radius 3 is 2.54 bits per heavy atom. The summed E-state index contributed by atoms with van der Waals surface area (Å²) in [6.07, 6.45) is 1.28. The Morgan fingerprint density at radius 1 is 1.54 bits per heavy atom. The lowest BCUT2D eigenvalue weighted by Gasteiger charge is -2.09. The fourth-order valence-electron chi connectivity index (χ4n) is 1.02. The van der Waals surface area contributed by atoms with E-state index in [1.54, 1.807) is 0 Å². The van der Waals surface area contributed by atoms with Crippen molar-refractivity contribution in [3.63, 3.8) is 0 Å². The van der Waals surface area contributed by atoms with Gasteiger partial charge in [0.15, 0.2) is 0 Å². The van der Waals surface area contributed by atoms with Crippen LogP contribution in [0.25, 0.3) is 0 Å². The molecule has 0 aromatic rings. The Morgan fingerprint density at radius 2 is 2.15 bits per heavy atom. The third kappa shape index (κ3) is 7.39. The summed E-state index contributed by atoms with van der Waals surface area (Å²) < 4.78 is 0. The van der Waals surface area contributed by atoms with Crippen LogP contribution in [0, 0.1) is 16.0 Å². The normalized spacial score (nSPS) is 12.5. The maximum Gasteiger partial charge on any atom is 0.204 e. The largest absolute Gasteiger partial charge is 0.396 e. The van der Waals surface area contributed by atoms with E-state index in [1.807, 2.05) is 0 Å². The van der Waals surface area contributed by atoms with Gasteiger partial charge in [-0.1, -0.05) is 0 Å². The fourth-order valence-corrected chi connectivity index (χ4v) is 1.02. The van der Waals surface area contributed by atoms with Crippen molar-refractivity contribution in [1.29, 1.82) is 0 Å². The van der Waals surface area contributed by atoms with E-state index in [-0.39, 0.29) is 24.9 Å². The standard InChI is InChI=1S/C8H15NO4/c1-7(11)2-3-8(6-10)4-5-9(12)13/h8,10H,2-6H2,1H3/t8-/m1/s1. The number of aliphatic hydroxyl groups excluding tert-OH is 1. The Bertz CT molecular complexity index is 163. The molecule has 0 heterocycles. The first-order valence-electron chi connectivity index (χ1n) is 4.28. The molecule has 0 aromatic heterocycles. The van der Waals surface area contributed by atoms with Crippen molar-refractivity contribution in [3.05, 3.63) is 10.1 Å². The van der Waals surface area contributed by atoms with Gasteiger partial charge in [0.1, 0.15) is 5.78 Å². The molecule has 0 aliphatic heterocycles. The van der Waals surface area contributed by atoms with Gasteiger partial charge in [-0.2, -0.15) is 0 Å². The molecule has 0 fully saturated rings. The minimum Gasteiger partial charge on any atom is -0.396 e. The maximum absolute atomic E-state index is 10.6. The fraction of sp³-hybridized carbons (Fsp3) is 0.875. The second-order valence-corrected chi connectivity index (χ2v) is 3.13. The van der Waals surface area contributed by atoms with Gasteiger partial charge >= 0.3 is 0 Å². The number of nitro groups is 1. The third-order valence-corrected chi connectivity index (χ3v) is 1.88. The van der Waals surface area contributed by atoms with Crippen LogP contribution in [0.5, 0.6) is 0 Å². The van der Waals surface area contributed by atoms with Gasteiger partial charge in [-0.3, -0.25) is 10.1 Å². The van der Waals surface area contributed by atoms with Crippen LogP contribution in [-0.2, 0) is 4.79 Å². The molecule has 76 valence electrons. The van der Waals surface area contributed by atoms with Gasteiger partial charge < -0.3 is 9.90 Å². The van der Waals surface area contributed by atoms with Crippen LogP contribution in [0.3, 0.4) is 0 Å². The van der Waals surface area contributed by atoms with Crippen molar-refractivity contribution in [3.8, 4) is 0 Å². The van der Waals surface area contributed by atoms with E-state index in [0.717, 1.165) is 0 Å². The van der Waals surface area contributed by atoms with Crippen LogP contribution >= 0.6 is 0 Å². The first-order chi connectivity index (χ1) is 6.06. The number of ketones is 1. The monoisotopic (exact) mass is 189 g/mol. The highest BCUT2D eigenvalue weighted by atomic mass is 16.6. The van der Waals surface area contributed by atoms with Crippen molar-refractivity contribution in [2.45, 2.75) is 26.2 Å². The van der Waals surface area contributed by atoms with Gasteiger partial charge in [-0.25, -0.2) is 0 Å². The first-order valence-corrected chi connectivity index (χ1v) is 4.28. The Balaban J connectivity index is 3.63. The Kier molecular flexibility index (Phi) is 6.05.